The van der Waals surface area contributed by atoms with Crippen LogP contribution in [0.1, 0.15) is 19.5 Å². The number of aryl methyl sites for hydroxylation is 1. The van der Waals surface area contributed by atoms with Gasteiger partial charge in [0.05, 0.1) is 6.61 Å². The Morgan fingerprint density at radius 2 is 1.91 bits per heavy atom. The van der Waals surface area contributed by atoms with E-state index in [4.69, 9.17) is 14.7 Å². The Balaban J connectivity index is 1.69. The minimum atomic E-state index is -0.101. The Hall–Kier alpha value is -3.31. The van der Waals surface area contributed by atoms with Crippen LogP contribution in [0.2, 0.25) is 0 Å². The third-order valence-corrected chi connectivity index (χ3v) is 6.13. The quantitative estimate of drug-likeness (QED) is 0.415. The van der Waals surface area contributed by atoms with Crippen molar-refractivity contribution in [3.05, 3.63) is 36.0 Å². The van der Waals surface area contributed by atoms with Crippen LogP contribution in [0, 0.1) is 6.92 Å². The zero-order valence-corrected chi connectivity index (χ0v) is 20.7. The molecule has 0 spiro atoms. The molecule has 3 N–H and O–H groups in total. The zero-order chi connectivity index (χ0) is 24.1. The molecule has 34 heavy (non-hydrogen) atoms. The summed E-state index contributed by atoms with van der Waals surface area (Å²) in [5, 5.41) is 13.9. The highest BCUT2D eigenvalue weighted by Crippen LogP contribution is 2.38. The van der Waals surface area contributed by atoms with Gasteiger partial charge in [-0.15, -0.1) is 0 Å². The van der Waals surface area contributed by atoms with Crippen LogP contribution in [0.5, 0.6) is 5.75 Å². The van der Waals surface area contributed by atoms with Gasteiger partial charge in [-0.3, -0.25) is 9.89 Å². The normalized spacial score (nSPS) is 14.2. The third kappa shape index (κ3) is 5.97. The zero-order valence-electron chi connectivity index (χ0n) is 19.9. The van der Waals surface area contributed by atoms with Gasteiger partial charge in [0.15, 0.2) is 22.6 Å². The second-order valence-electron chi connectivity index (χ2n) is 8.10. The lowest BCUT2D eigenvalue weighted by Gasteiger charge is -2.34. The molecule has 2 aromatic heterocycles. The molecule has 0 unspecified atom stereocenters. The number of ether oxygens (including phenoxy) is 1. The van der Waals surface area contributed by atoms with Crippen LogP contribution in [0.15, 0.2) is 40.4 Å². The summed E-state index contributed by atoms with van der Waals surface area (Å²) < 4.78 is 6.05. The first kappa shape index (κ1) is 23.8. The molecule has 10 nitrogen and oxygen atoms in total. The molecule has 3 aromatic rings. The van der Waals surface area contributed by atoms with Crippen LogP contribution < -0.4 is 20.3 Å². The fourth-order valence-corrected chi connectivity index (χ4v) is 4.33. The summed E-state index contributed by atoms with van der Waals surface area (Å²) in [6.45, 7) is 9.49. The average molecular weight is 483 g/mol. The van der Waals surface area contributed by atoms with E-state index in [0.29, 0.717) is 29.1 Å². The fourth-order valence-electron chi connectivity index (χ4n) is 3.58. The van der Waals surface area contributed by atoms with Crippen molar-refractivity contribution in [3.63, 3.8) is 0 Å². The van der Waals surface area contributed by atoms with E-state index >= 15 is 0 Å². The molecule has 1 amide bonds. The van der Waals surface area contributed by atoms with E-state index in [-0.39, 0.29) is 5.91 Å². The summed E-state index contributed by atoms with van der Waals surface area (Å²) >= 11 is 1.45. The van der Waals surface area contributed by atoms with E-state index in [2.05, 4.69) is 37.7 Å². The number of amides is 1. The Kier molecular flexibility index (Phi) is 7.53. The summed E-state index contributed by atoms with van der Waals surface area (Å²) in [6.07, 6.45) is 0. The van der Waals surface area contributed by atoms with Gasteiger partial charge in [-0.2, -0.15) is 5.10 Å². The molecule has 0 aliphatic carbocycles. The van der Waals surface area contributed by atoms with Gasteiger partial charge in [-0.1, -0.05) is 0 Å². The lowest BCUT2D eigenvalue weighted by molar-refractivity contribution is -0.114. The van der Waals surface area contributed by atoms with Crippen molar-refractivity contribution in [2.24, 2.45) is 0 Å². The number of benzene rings is 1. The molecule has 1 saturated heterocycles. The van der Waals surface area contributed by atoms with Gasteiger partial charge in [-0.05, 0) is 56.9 Å². The largest absolute Gasteiger partial charge is 0.487 e. The van der Waals surface area contributed by atoms with E-state index in [1.165, 1.54) is 18.7 Å². The SMILES string of the molecule is CCOc1c(Nc2cc(C)[nH]n2)nc(Sc2ccc(NC(C)=O)cc2)nc1N1CCN(C)CC1. The summed E-state index contributed by atoms with van der Waals surface area (Å²) in [5.74, 6) is 2.54. The van der Waals surface area contributed by atoms with Gasteiger partial charge in [0.25, 0.3) is 0 Å². The predicted molar refractivity (Wildman–Crippen MR) is 134 cm³/mol. The summed E-state index contributed by atoms with van der Waals surface area (Å²) in [4.78, 5) is 26.5. The Labute approximate surface area is 203 Å². The van der Waals surface area contributed by atoms with Crippen LogP contribution in [0.25, 0.3) is 0 Å². The number of hydrogen-bond donors (Lipinski definition) is 3. The first-order valence-corrected chi connectivity index (χ1v) is 12.1. The van der Waals surface area contributed by atoms with Crippen LogP contribution >= 0.6 is 11.8 Å². The van der Waals surface area contributed by atoms with E-state index in [1.54, 1.807) is 0 Å². The van der Waals surface area contributed by atoms with Gasteiger partial charge in [0, 0.05) is 55.4 Å². The highest BCUT2D eigenvalue weighted by atomic mass is 32.2. The number of piperazine rings is 1. The third-order valence-electron chi connectivity index (χ3n) is 5.25. The Bertz CT molecular complexity index is 1130. The molecule has 0 atom stereocenters. The number of aromatic nitrogens is 4. The smallest absolute Gasteiger partial charge is 0.221 e. The molecule has 1 aromatic carbocycles. The number of carbonyl (C=O) groups is 1. The van der Waals surface area contributed by atoms with E-state index in [1.807, 2.05) is 44.2 Å². The van der Waals surface area contributed by atoms with Crippen LogP contribution in [-0.4, -0.2) is 70.8 Å². The highest BCUT2D eigenvalue weighted by Gasteiger charge is 2.24. The number of aromatic amines is 1. The number of anilines is 4. The standard InChI is InChI=1S/C23H30N8O2S/c1-5-33-20-21(25-19-14-15(2)28-29-19)26-23(27-22(20)31-12-10-30(4)11-13-31)34-18-8-6-17(7-9-18)24-16(3)32/h6-9,14H,5,10-13H2,1-4H3,(H,24,32)(H2,25,26,27,28,29). The Morgan fingerprint density at radius 3 is 2.53 bits per heavy atom. The van der Waals surface area contributed by atoms with Crippen LogP contribution in [0.4, 0.5) is 23.1 Å². The van der Waals surface area contributed by atoms with Crippen molar-refractivity contribution >= 4 is 40.8 Å². The van der Waals surface area contributed by atoms with Crippen molar-refractivity contribution in [3.8, 4) is 5.75 Å². The predicted octanol–water partition coefficient (Wildman–Crippen LogP) is 3.51. The number of rotatable bonds is 8. The monoisotopic (exact) mass is 482 g/mol. The topological polar surface area (TPSA) is 111 Å². The van der Waals surface area contributed by atoms with Crippen LogP contribution in [-0.2, 0) is 4.79 Å². The van der Waals surface area contributed by atoms with E-state index in [9.17, 15) is 4.79 Å². The van der Waals surface area contributed by atoms with Crippen LogP contribution in [0.3, 0.4) is 0 Å². The average Bonchev–Trinajstić information content (AvgIpc) is 3.21. The first-order valence-electron chi connectivity index (χ1n) is 11.2. The number of carbonyl (C=O) groups excluding carboxylic acids is 1. The summed E-state index contributed by atoms with van der Waals surface area (Å²) in [5.41, 5.74) is 1.70. The molecule has 180 valence electrons. The van der Waals surface area contributed by atoms with Gasteiger partial charge >= 0.3 is 0 Å². The molecule has 4 rings (SSSR count). The number of likely N-dealkylation sites (N-methyl/N-ethyl adjacent to an activating group) is 1. The van der Waals surface area contributed by atoms with Crippen molar-refractivity contribution in [2.75, 3.05) is 55.4 Å². The molecule has 3 heterocycles. The molecule has 0 bridgehead atoms. The lowest BCUT2D eigenvalue weighted by atomic mass is 10.3. The molecular formula is C23H30N8O2S. The fraction of sp³-hybridized carbons (Fsp3) is 0.391. The number of hydrogen-bond acceptors (Lipinski definition) is 9. The summed E-state index contributed by atoms with van der Waals surface area (Å²) in [6, 6.07) is 9.53. The number of nitrogens with one attached hydrogen (secondary N) is 3. The molecular weight excluding hydrogens is 452 g/mol. The minimum absolute atomic E-state index is 0.101. The second-order valence-corrected chi connectivity index (χ2v) is 9.14. The molecule has 1 fully saturated rings. The minimum Gasteiger partial charge on any atom is -0.487 e. The molecule has 1 aliphatic rings. The van der Waals surface area contributed by atoms with Crippen molar-refractivity contribution in [1.82, 2.24) is 25.1 Å². The Morgan fingerprint density at radius 1 is 1.18 bits per heavy atom. The molecule has 0 radical (unpaired) electrons. The highest BCUT2D eigenvalue weighted by molar-refractivity contribution is 7.99. The van der Waals surface area contributed by atoms with Gasteiger partial charge < -0.3 is 25.2 Å². The van der Waals surface area contributed by atoms with Crippen molar-refractivity contribution in [1.29, 1.82) is 0 Å². The molecule has 0 saturated carbocycles. The lowest BCUT2D eigenvalue weighted by Crippen LogP contribution is -2.45. The van der Waals surface area contributed by atoms with E-state index < -0.39 is 0 Å². The van der Waals surface area contributed by atoms with E-state index in [0.717, 1.165) is 48.3 Å². The van der Waals surface area contributed by atoms with Crippen molar-refractivity contribution in [2.45, 2.75) is 30.8 Å². The second kappa shape index (κ2) is 10.7. The maximum atomic E-state index is 11.3. The van der Waals surface area contributed by atoms with Crippen molar-refractivity contribution < 1.29 is 9.53 Å². The molecule has 1 aliphatic heterocycles. The maximum Gasteiger partial charge on any atom is 0.221 e. The summed E-state index contributed by atoms with van der Waals surface area (Å²) in [7, 11) is 2.12. The van der Waals surface area contributed by atoms with Gasteiger partial charge in [-0.25, -0.2) is 9.97 Å². The first-order chi connectivity index (χ1) is 16.4. The van der Waals surface area contributed by atoms with Gasteiger partial charge in [0.2, 0.25) is 11.7 Å². The van der Waals surface area contributed by atoms with Gasteiger partial charge in [0.1, 0.15) is 0 Å². The number of nitrogens with zero attached hydrogens (tertiary/aromatic N) is 5. The number of H-pyrrole nitrogens is 1. The molecule has 11 heteroatoms. The maximum absolute atomic E-state index is 11.3.